The third-order valence-electron chi connectivity index (χ3n) is 5.37. The molecule has 0 saturated heterocycles. The van der Waals surface area contributed by atoms with E-state index in [2.05, 4.69) is 0 Å². The highest BCUT2D eigenvalue weighted by molar-refractivity contribution is 6.03. The first kappa shape index (κ1) is 17.5. The van der Waals surface area contributed by atoms with Crippen molar-refractivity contribution < 1.29 is 24.9 Å². The van der Waals surface area contributed by atoms with E-state index in [9.17, 15) is 20.1 Å². The van der Waals surface area contributed by atoms with Gasteiger partial charge in [0.1, 0.15) is 34.7 Å². The molecule has 1 atom stereocenters. The normalized spacial score (nSPS) is 18.9. The molecule has 4 rings (SSSR count). The summed E-state index contributed by atoms with van der Waals surface area (Å²) >= 11 is 0. The Kier molecular flexibility index (Phi) is 4.52. The third-order valence-corrected chi connectivity index (χ3v) is 5.37. The molecule has 1 fully saturated rings. The van der Waals surface area contributed by atoms with Gasteiger partial charge in [0.25, 0.3) is 0 Å². The molecule has 0 radical (unpaired) electrons. The first-order chi connectivity index (χ1) is 13.0. The summed E-state index contributed by atoms with van der Waals surface area (Å²) in [6.07, 6.45) is 6.49. The number of fused-ring (bicyclic) bond motifs is 1. The van der Waals surface area contributed by atoms with Gasteiger partial charge in [-0.3, -0.25) is 4.79 Å². The standard InChI is InChI=1S/C22H22O5/c23-15-8-6-14(7-9-15)19-12-18(25)21-20(27-19)11-17(24)16(22(21)26)10-5-13-3-1-2-4-13/h5-9,11,19,23-24,26H,1-4,10,12H2. The molecule has 1 aliphatic heterocycles. The second kappa shape index (κ2) is 6.99. The molecule has 2 aromatic carbocycles. The van der Waals surface area contributed by atoms with Crippen molar-refractivity contribution in [3.8, 4) is 23.0 Å². The molecule has 1 heterocycles. The Morgan fingerprint density at radius 1 is 1.07 bits per heavy atom. The maximum atomic E-state index is 12.7. The number of hydrogen-bond donors (Lipinski definition) is 3. The third kappa shape index (κ3) is 3.37. The van der Waals surface area contributed by atoms with Gasteiger partial charge in [0.15, 0.2) is 5.78 Å². The second-order valence-corrected chi connectivity index (χ2v) is 7.19. The lowest BCUT2D eigenvalue weighted by atomic mass is 9.92. The predicted octanol–water partition coefficient (Wildman–Crippen LogP) is 4.55. The van der Waals surface area contributed by atoms with Crippen molar-refractivity contribution in [2.75, 3.05) is 0 Å². The lowest BCUT2D eigenvalue weighted by Gasteiger charge is -2.27. The van der Waals surface area contributed by atoms with Crippen molar-refractivity contribution in [3.63, 3.8) is 0 Å². The van der Waals surface area contributed by atoms with Crippen LogP contribution < -0.4 is 4.74 Å². The van der Waals surface area contributed by atoms with E-state index in [1.165, 1.54) is 36.6 Å². The topological polar surface area (TPSA) is 87.0 Å². The molecule has 140 valence electrons. The molecule has 1 unspecified atom stereocenters. The van der Waals surface area contributed by atoms with Gasteiger partial charge in [-0.2, -0.15) is 0 Å². The summed E-state index contributed by atoms with van der Waals surface area (Å²) in [6.45, 7) is 0. The predicted molar refractivity (Wildman–Crippen MR) is 100 cm³/mol. The Morgan fingerprint density at radius 3 is 2.48 bits per heavy atom. The number of ketones is 1. The van der Waals surface area contributed by atoms with Crippen LogP contribution in [0.15, 0.2) is 42.0 Å². The van der Waals surface area contributed by atoms with Gasteiger partial charge in [-0.05, 0) is 49.8 Å². The summed E-state index contributed by atoms with van der Waals surface area (Å²) in [5, 5.41) is 30.4. The van der Waals surface area contributed by atoms with Crippen molar-refractivity contribution in [3.05, 3.63) is 58.7 Å². The molecule has 0 bridgehead atoms. The van der Waals surface area contributed by atoms with Crippen LogP contribution in [0.3, 0.4) is 0 Å². The number of rotatable bonds is 3. The summed E-state index contributed by atoms with van der Waals surface area (Å²) < 4.78 is 5.88. The number of phenolic OH excluding ortho intramolecular Hbond substituents is 3. The fourth-order valence-electron chi connectivity index (χ4n) is 3.86. The maximum Gasteiger partial charge on any atom is 0.174 e. The van der Waals surface area contributed by atoms with Crippen LogP contribution in [0.25, 0.3) is 0 Å². The molecule has 27 heavy (non-hydrogen) atoms. The van der Waals surface area contributed by atoms with Gasteiger partial charge in [0.05, 0.1) is 6.42 Å². The molecule has 0 amide bonds. The van der Waals surface area contributed by atoms with E-state index in [1.807, 2.05) is 6.08 Å². The molecule has 3 N–H and O–H groups in total. The number of aromatic hydroxyl groups is 3. The summed E-state index contributed by atoms with van der Waals surface area (Å²) in [7, 11) is 0. The average Bonchev–Trinajstić information content (AvgIpc) is 3.15. The number of carbonyl (C=O) groups is 1. The van der Waals surface area contributed by atoms with Gasteiger partial charge >= 0.3 is 0 Å². The van der Waals surface area contributed by atoms with E-state index in [1.54, 1.807) is 12.1 Å². The molecular formula is C22H22O5. The zero-order chi connectivity index (χ0) is 19.0. The van der Waals surface area contributed by atoms with E-state index < -0.39 is 6.10 Å². The van der Waals surface area contributed by atoms with E-state index in [0.29, 0.717) is 12.0 Å². The van der Waals surface area contributed by atoms with Gasteiger partial charge in [-0.15, -0.1) is 0 Å². The zero-order valence-corrected chi connectivity index (χ0v) is 14.9. The molecule has 5 heteroatoms. The molecule has 0 aromatic heterocycles. The van der Waals surface area contributed by atoms with Crippen molar-refractivity contribution in [1.29, 1.82) is 0 Å². The van der Waals surface area contributed by atoms with Crippen molar-refractivity contribution in [2.45, 2.75) is 44.6 Å². The molecule has 5 nitrogen and oxygen atoms in total. The minimum Gasteiger partial charge on any atom is -0.508 e. The number of benzene rings is 2. The van der Waals surface area contributed by atoms with E-state index in [-0.39, 0.29) is 40.8 Å². The van der Waals surface area contributed by atoms with Crippen LogP contribution in [-0.4, -0.2) is 21.1 Å². The fourth-order valence-corrected chi connectivity index (χ4v) is 3.86. The maximum absolute atomic E-state index is 12.7. The Balaban J connectivity index is 1.64. The van der Waals surface area contributed by atoms with Crippen LogP contribution in [0.2, 0.25) is 0 Å². The monoisotopic (exact) mass is 366 g/mol. The first-order valence-electron chi connectivity index (χ1n) is 9.27. The number of Topliss-reactive ketones (excluding diaryl/α,β-unsaturated/α-hetero) is 1. The molecule has 1 saturated carbocycles. The van der Waals surface area contributed by atoms with Crippen molar-refractivity contribution >= 4 is 5.78 Å². The lowest BCUT2D eigenvalue weighted by molar-refractivity contribution is 0.0844. The molecule has 1 aliphatic carbocycles. The number of ether oxygens (including phenoxy) is 1. The first-order valence-corrected chi connectivity index (χ1v) is 9.27. The summed E-state index contributed by atoms with van der Waals surface area (Å²) in [6, 6.07) is 7.88. The average molecular weight is 366 g/mol. The Bertz CT molecular complexity index is 903. The number of hydrogen-bond acceptors (Lipinski definition) is 5. The zero-order valence-electron chi connectivity index (χ0n) is 14.9. The van der Waals surface area contributed by atoms with E-state index in [0.717, 1.165) is 18.4 Å². The number of carbonyl (C=O) groups excluding carboxylic acids is 1. The van der Waals surface area contributed by atoms with Crippen molar-refractivity contribution in [2.24, 2.45) is 0 Å². The summed E-state index contributed by atoms with van der Waals surface area (Å²) in [5.41, 5.74) is 2.60. The van der Waals surface area contributed by atoms with Gasteiger partial charge in [0.2, 0.25) is 0 Å². The Labute approximate surface area is 157 Å². The van der Waals surface area contributed by atoms with E-state index >= 15 is 0 Å². The van der Waals surface area contributed by atoms with Crippen LogP contribution in [0.1, 0.15) is 59.7 Å². The second-order valence-electron chi connectivity index (χ2n) is 7.19. The molecule has 2 aromatic rings. The summed E-state index contributed by atoms with van der Waals surface area (Å²) in [5.74, 6) is -0.148. The van der Waals surface area contributed by atoms with Crippen LogP contribution in [-0.2, 0) is 6.42 Å². The van der Waals surface area contributed by atoms with Crippen LogP contribution >= 0.6 is 0 Å². The minimum atomic E-state index is -0.518. The molecule has 0 spiro atoms. The fraction of sp³-hybridized carbons (Fsp3) is 0.318. The van der Waals surface area contributed by atoms with Crippen LogP contribution in [0.5, 0.6) is 23.0 Å². The number of allylic oxidation sites excluding steroid dienone is 2. The van der Waals surface area contributed by atoms with Gasteiger partial charge in [0, 0.05) is 11.6 Å². The highest BCUT2D eigenvalue weighted by Crippen LogP contribution is 2.45. The number of phenols is 3. The highest BCUT2D eigenvalue weighted by Gasteiger charge is 2.32. The smallest absolute Gasteiger partial charge is 0.174 e. The lowest BCUT2D eigenvalue weighted by Crippen LogP contribution is -2.20. The van der Waals surface area contributed by atoms with Crippen molar-refractivity contribution in [1.82, 2.24) is 0 Å². The van der Waals surface area contributed by atoms with Gasteiger partial charge in [-0.1, -0.05) is 23.8 Å². The van der Waals surface area contributed by atoms with Crippen LogP contribution in [0, 0.1) is 0 Å². The SMILES string of the molecule is O=C1CC(c2ccc(O)cc2)Oc2cc(O)c(CC=C3CCCC3)c(O)c21. The quantitative estimate of drug-likeness (QED) is 0.694. The Hall–Kier alpha value is -2.95. The van der Waals surface area contributed by atoms with E-state index in [4.69, 9.17) is 4.74 Å². The largest absolute Gasteiger partial charge is 0.508 e. The minimum absolute atomic E-state index is 0.0692. The molecule has 2 aliphatic rings. The summed E-state index contributed by atoms with van der Waals surface area (Å²) in [4.78, 5) is 12.7. The van der Waals surface area contributed by atoms with Gasteiger partial charge in [-0.25, -0.2) is 0 Å². The molecular weight excluding hydrogens is 344 g/mol. The Morgan fingerprint density at radius 2 is 1.78 bits per heavy atom. The van der Waals surface area contributed by atoms with Gasteiger partial charge < -0.3 is 20.1 Å². The highest BCUT2D eigenvalue weighted by atomic mass is 16.5. The van der Waals surface area contributed by atoms with Crippen LogP contribution in [0.4, 0.5) is 0 Å².